The number of hydrogen-bond acceptors (Lipinski definition) is 3. The van der Waals surface area contributed by atoms with Gasteiger partial charge in [-0.05, 0) is 18.1 Å². The fourth-order valence-corrected chi connectivity index (χ4v) is 1.62. The van der Waals surface area contributed by atoms with E-state index in [0.29, 0.717) is 6.42 Å². The summed E-state index contributed by atoms with van der Waals surface area (Å²) in [5, 5.41) is 11.3. The molecule has 0 saturated heterocycles. The van der Waals surface area contributed by atoms with E-state index < -0.39 is 17.7 Å². The molecule has 0 aliphatic carbocycles. The van der Waals surface area contributed by atoms with Gasteiger partial charge < -0.3 is 10.4 Å². The van der Waals surface area contributed by atoms with Crippen LogP contribution in [0.3, 0.4) is 0 Å². The zero-order chi connectivity index (χ0) is 14.5. The van der Waals surface area contributed by atoms with Crippen LogP contribution in [0.4, 0.5) is 19.0 Å². The molecule has 0 fully saturated rings. The molecule has 1 aromatic rings. The van der Waals surface area contributed by atoms with E-state index in [1.54, 1.807) is 6.92 Å². The molecule has 1 unspecified atom stereocenters. The molecule has 0 aromatic carbocycles. The van der Waals surface area contributed by atoms with E-state index in [2.05, 4.69) is 10.3 Å². The van der Waals surface area contributed by atoms with Crippen LogP contribution < -0.4 is 5.32 Å². The number of carboxylic acids is 1. The van der Waals surface area contributed by atoms with Gasteiger partial charge in [-0.1, -0.05) is 13.3 Å². The minimum absolute atomic E-state index is 0.0856. The van der Waals surface area contributed by atoms with Crippen LogP contribution in [0.2, 0.25) is 0 Å². The summed E-state index contributed by atoms with van der Waals surface area (Å²) >= 11 is 0. The standard InChI is InChI=1S/C12H15F3N2O2/c1-2-8(6-10(18)19)7-17-11-9(12(13,14)15)4-3-5-16-11/h3-5,8H,2,6-7H2,1H3,(H,16,17)(H,18,19). The molecule has 0 amide bonds. The minimum Gasteiger partial charge on any atom is -0.481 e. The first-order chi connectivity index (χ1) is 8.84. The predicted molar refractivity (Wildman–Crippen MR) is 63.8 cm³/mol. The molecule has 0 aliphatic rings. The van der Waals surface area contributed by atoms with E-state index >= 15 is 0 Å². The highest BCUT2D eigenvalue weighted by atomic mass is 19.4. The molecule has 1 aromatic heterocycles. The van der Waals surface area contributed by atoms with Crippen molar-refractivity contribution < 1.29 is 23.1 Å². The first-order valence-corrected chi connectivity index (χ1v) is 5.82. The summed E-state index contributed by atoms with van der Waals surface area (Å²) < 4.78 is 38.1. The van der Waals surface area contributed by atoms with Gasteiger partial charge in [0.25, 0.3) is 0 Å². The second-order valence-electron chi connectivity index (χ2n) is 4.15. The Labute approximate surface area is 108 Å². The van der Waals surface area contributed by atoms with Crippen LogP contribution in [0.1, 0.15) is 25.3 Å². The Balaban J connectivity index is 2.74. The fourth-order valence-electron chi connectivity index (χ4n) is 1.62. The summed E-state index contributed by atoms with van der Waals surface area (Å²) in [4.78, 5) is 14.2. The third kappa shape index (κ3) is 4.76. The Morgan fingerprint density at radius 3 is 2.74 bits per heavy atom. The summed E-state index contributed by atoms with van der Waals surface area (Å²) in [5.74, 6) is -1.47. The van der Waals surface area contributed by atoms with Gasteiger partial charge >= 0.3 is 12.1 Å². The molecule has 0 aliphatic heterocycles. The summed E-state index contributed by atoms with van der Waals surface area (Å²) in [6.45, 7) is 1.93. The van der Waals surface area contributed by atoms with Gasteiger partial charge in [0, 0.05) is 19.2 Å². The normalized spacial score (nSPS) is 13.1. The van der Waals surface area contributed by atoms with Crippen LogP contribution in [0.5, 0.6) is 0 Å². The lowest BCUT2D eigenvalue weighted by Gasteiger charge is -2.17. The monoisotopic (exact) mass is 276 g/mol. The van der Waals surface area contributed by atoms with Crippen LogP contribution in [0.15, 0.2) is 18.3 Å². The van der Waals surface area contributed by atoms with E-state index in [-0.39, 0.29) is 24.7 Å². The van der Waals surface area contributed by atoms with Gasteiger partial charge in [0.15, 0.2) is 0 Å². The smallest absolute Gasteiger partial charge is 0.419 e. The zero-order valence-corrected chi connectivity index (χ0v) is 10.4. The zero-order valence-electron chi connectivity index (χ0n) is 10.4. The summed E-state index contributed by atoms with van der Waals surface area (Å²) in [6, 6.07) is 2.15. The SMILES string of the molecule is CCC(CNc1ncccc1C(F)(F)F)CC(=O)O. The number of nitrogens with one attached hydrogen (secondary N) is 1. The average molecular weight is 276 g/mol. The Kier molecular flexibility index (Phi) is 5.14. The molecular formula is C12H15F3N2O2. The maximum absolute atomic E-state index is 12.7. The first-order valence-electron chi connectivity index (χ1n) is 5.82. The quantitative estimate of drug-likeness (QED) is 0.838. The molecule has 2 N–H and O–H groups in total. The Morgan fingerprint density at radius 1 is 1.53 bits per heavy atom. The largest absolute Gasteiger partial charge is 0.481 e. The summed E-state index contributed by atoms with van der Waals surface area (Å²) in [6.07, 6.45) is -2.74. The molecular weight excluding hydrogens is 261 g/mol. The maximum atomic E-state index is 12.7. The van der Waals surface area contributed by atoms with Crippen LogP contribution in [0, 0.1) is 5.92 Å². The summed E-state index contributed by atoms with van der Waals surface area (Å²) in [5.41, 5.74) is -0.847. The van der Waals surface area contributed by atoms with E-state index in [1.165, 1.54) is 12.3 Å². The first kappa shape index (κ1) is 15.3. The van der Waals surface area contributed by atoms with Crippen molar-refractivity contribution in [1.82, 2.24) is 4.98 Å². The number of alkyl halides is 3. The summed E-state index contributed by atoms with van der Waals surface area (Å²) in [7, 11) is 0. The maximum Gasteiger partial charge on any atom is 0.419 e. The van der Waals surface area contributed by atoms with Crippen LogP contribution in [0.25, 0.3) is 0 Å². The predicted octanol–water partition coefficient (Wildman–Crippen LogP) is 3.01. The van der Waals surface area contributed by atoms with Gasteiger partial charge in [-0.2, -0.15) is 13.2 Å². The van der Waals surface area contributed by atoms with Gasteiger partial charge in [0.1, 0.15) is 5.82 Å². The van der Waals surface area contributed by atoms with Crippen molar-refractivity contribution in [2.45, 2.75) is 25.9 Å². The lowest BCUT2D eigenvalue weighted by atomic mass is 10.0. The van der Waals surface area contributed by atoms with Crippen LogP contribution in [-0.2, 0) is 11.0 Å². The number of carbonyl (C=O) groups is 1. The number of hydrogen-bond donors (Lipinski definition) is 2. The second kappa shape index (κ2) is 6.40. The molecule has 4 nitrogen and oxygen atoms in total. The highest BCUT2D eigenvalue weighted by Crippen LogP contribution is 2.33. The number of aliphatic carboxylic acids is 1. The topological polar surface area (TPSA) is 62.2 Å². The Hall–Kier alpha value is -1.79. The molecule has 0 radical (unpaired) electrons. The van der Waals surface area contributed by atoms with Crippen molar-refractivity contribution in [1.29, 1.82) is 0 Å². The molecule has 0 bridgehead atoms. The van der Waals surface area contributed by atoms with Crippen molar-refractivity contribution in [2.75, 3.05) is 11.9 Å². The van der Waals surface area contributed by atoms with Gasteiger partial charge in [0.05, 0.1) is 5.56 Å². The molecule has 19 heavy (non-hydrogen) atoms. The lowest BCUT2D eigenvalue weighted by molar-refractivity contribution is -0.138. The van der Waals surface area contributed by atoms with Gasteiger partial charge in [0.2, 0.25) is 0 Å². The van der Waals surface area contributed by atoms with Crippen molar-refractivity contribution in [3.63, 3.8) is 0 Å². The highest BCUT2D eigenvalue weighted by Gasteiger charge is 2.34. The molecule has 0 spiro atoms. The third-order valence-corrected chi connectivity index (χ3v) is 2.71. The number of halogens is 3. The Morgan fingerprint density at radius 2 is 2.21 bits per heavy atom. The average Bonchev–Trinajstić information content (AvgIpc) is 2.33. The minimum atomic E-state index is -4.48. The molecule has 7 heteroatoms. The number of pyridine rings is 1. The van der Waals surface area contributed by atoms with Gasteiger partial charge in [-0.15, -0.1) is 0 Å². The van der Waals surface area contributed by atoms with Crippen molar-refractivity contribution >= 4 is 11.8 Å². The van der Waals surface area contributed by atoms with E-state index in [0.717, 1.165) is 6.07 Å². The molecule has 1 atom stereocenters. The molecule has 1 rings (SSSR count). The number of aromatic nitrogens is 1. The number of nitrogens with zero attached hydrogens (tertiary/aromatic N) is 1. The number of carboxylic acid groups (broad SMARTS) is 1. The number of anilines is 1. The van der Waals surface area contributed by atoms with Crippen LogP contribution in [-0.4, -0.2) is 22.6 Å². The van der Waals surface area contributed by atoms with E-state index in [4.69, 9.17) is 5.11 Å². The van der Waals surface area contributed by atoms with Gasteiger partial charge in [-0.3, -0.25) is 4.79 Å². The van der Waals surface area contributed by atoms with E-state index in [1.807, 2.05) is 0 Å². The van der Waals surface area contributed by atoms with Crippen LogP contribution >= 0.6 is 0 Å². The second-order valence-corrected chi connectivity index (χ2v) is 4.15. The number of rotatable bonds is 6. The third-order valence-electron chi connectivity index (χ3n) is 2.71. The molecule has 0 saturated carbocycles. The van der Waals surface area contributed by atoms with Crippen molar-refractivity contribution in [3.8, 4) is 0 Å². The molecule has 106 valence electrons. The molecule has 1 heterocycles. The van der Waals surface area contributed by atoms with Gasteiger partial charge in [-0.25, -0.2) is 4.98 Å². The fraction of sp³-hybridized carbons (Fsp3) is 0.500. The van der Waals surface area contributed by atoms with Crippen molar-refractivity contribution in [3.05, 3.63) is 23.9 Å². The highest BCUT2D eigenvalue weighted by molar-refractivity contribution is 5.67. The van der Waals surface area contributed by atoms with E-state index in [9.17, 15) is 18.0 Å². The lowest BCUT2D eigenvalue weighted by Crippen LogP contribution is -2.20. The van der Waals surface area contributed by atoms with Crippen molar-refractivity contribution in [2.24, 2.45) is 5.92 Å². The Bertz CT molecular complexity index is 435.